The van der Waals surface area contributed by atoms with Crippen molar-refractivity contribution in [1.29, 1.82) is 0 Å². The van der Waals surface area contributed by atoms with E-state index in [1.54, 1.807) is 0 Å². The molecule has 0 aliphatic rings. The zero-order valence-corrected chi connectivity index (χ0v) is 8.80. The molecule has 0 amide bonds. The quantitative estimate of drug-likeness (QED) is 0.619. The predicted molar refractivity (Wildman–Crippen MR) is 69.4 cm³/mol. The lowest BCUT2D eigenvalue weighted by Gasteiger charge is -1.98. The second-order valence-corrected chi connectivity index (χ2v) is 2.59. The lowest BCUT2D eigenvalue weighted by atomic mass is 10.1. The summed E-state index contributed by atoms with van der Waals surface area (Å²) in [6, 6.07) is 6.26. The number of hydrogen-bond donors (Lipinski definition) is 0. The van der Waals surface area contributed by atoms with Crippen LogP contribution in [-0.4, -0.2) is 0 Å². The minimum atomic E-state index is 0. The maximum atomic E-state index is 3.71. The minimum absolute atomic E-state index is 0. The first-order valence-electron chi connectivity index (χ1n) is 4.63. The largest absolute Gasteiger partial charge is 0.0985 e. The van der Waals surface area contributed by atoms with Gasteiger partial charge in [0.1, 0.15) is 0 Å². The highest BCUT2D eigenvalue weighted by Gasteiger charge is 1.90. The summed E-state index contributed by atoms with van der Waals surface area (Å²) < 4.78 is 0. The molecule has 0 unspecified atom stereocenters. The van der Waals surface area contributed by atoms with E-state index >= 15 is 0 Å². The summed E-state index contributed by atoms with van der Waals surface area (Å²) in [5.74, 6) is 0. The van der Waals surface area contributed by atoms with Crippen molar-refractivity contribution in [3.63, 3.8) is 0 Å². The molecule has 78 valence electrons. The molecule has 0 atom stereocenters. The first-order valence-corrected chi connectivity index (χ1v) is 4.63. The Morgan fingerprint density at radius 2 is 1.29 bits per heavy atom. The summed E-state index contributed by atoms with van der Waals surface area (Å²) in [6.45, 7) is 13.5. The molecule has 14 heavy (non-hydrogen) atoms. The highest BCUT2D eigenvalue weighted by molar-refractivity contribution is 5.57. The highest BCUT2D eigenvalue weighted by atomic mass is 14.0. The molecule has 0 N–H and O–H groups in total. The molecule has 0 aliphatic carbocycles. The number of rotatable bonds is 2. The van der Waals surface area contributed by atoms with Crippen LogP contribution in [0.3, 0.4) is 0 Å². The SMILES string of the molecule is C.C=Cc1cc(C)cc(C=C)c1.CC. The Labute approximate surface area is 89.0 Å². The number of hydrogen-bond acceptors (Lipinski definition) is 0. The van der Waals surface area contributed by atoms with Crippen LogP contribution in [0, 0.1) is 6.92 Å². The number of benzene rings is 1. The van der Waals surface area contributed by atoms with Gasteiger partial charge in [-0.25, -0.2) is 0 Å². The molecular weight excluding hydrogens is 168 g/mol. The van der Waals surface area contributed by atoms with Gasteiger partial charge in [-0.15, -0.1) is 0 Å². The standard InChI is InChI=1S/C11H12.C2H6.CH4/c1-4-10-6-9(3)7-11(5-2)8-10;1-2;/h4-8H,1-2H2,3H3;1-2H3;1H4. The number of aryl methyl sites for hydroxylation is 1. The third-order valence-corrected chi connectivity index (χ3v) is 1.59. The van der Waals surface area contributed by atoms with Gasteiger partial charge in [-0.1, -0.05) is 58.7 Å². The van der Waals surface area contributed by atoms with Gasteiger partial charge in [-0.05, 0) is 29.7 Å². The van der Waals surface area contributed by atoms with E-state index in [4.69, 9.17) is 0 Å². The molecule has 0 fully saturated rings. The molecule has 0 heterocycles. The highest BCUT2D eigenvalue weighted by Crippen LogP contribution is 2.11. The lowest BCUT2D eigenvalue weighted by Crippen LogP contribution is -1.78. The topological polar surface area (TPSA) is 0 Å². The summed E-state index contributed by atoms with van der Waals surface area (Å²) in [6.07, 6.45) is 3.69. The Kier molecular flexibility index (Phi) is 9.01. The normalized spacial score (nSPS) is 7.64. The van der Waals surface area contributed by atoms with Crippen LogP contribution in [0.2, 0.25) is 0 Å². The minimum Gasteiger partial charge on any atom is -0.0985 e. The van der Waals surface area contributed by atoms with Gasteiger partial charge >= 0.3 is 0 Å². The molecule has 1 rings (SSSR count). The van der Waals surface area contributed by atoms with Gasteiger partial charge < -0.3 is 0 Å². The fourth-order valence-electron chi connectivity index (χ4n) is 1.08. The van der Waals surface area contributed by atoms with E-state index in [0.29, 0.717) is 0 Å². The van der Waals surface area contributed by atoms with Crippen molar-refractivity contribution in [3.05, 3.63) is 48.0 Å². The van der Waals surface area contributed by atoms with E-state index in [-0.39, 0.29) is 7.43 Å². The molecule has 0 spiro atoms. The lowest BCUT2D eigenvalue weighted by molar-refractivity contribution is 1.45. The maximum Gasteiger partial charge on any atom is -0.0254 e. The summed E-state index contributed by atoms with van der Waals surface area (Å²) >= 11 is 0. The molecule has 1 aromatic carbocycles. The summed E-state index contributed by atoms with van der Waals surface area (Å²) in [7, 11) is 0. The van der Waals surface area contributed by atoms with Crippen molar-refractivity contribution in [2.45, 2.75) is 28.2 Å². The Balaban J connectivity index is 0. The average Bonchev–Trinajstić information content (AvgIpc) is 2.20. The van der Waals surface area contributed by atoms with E-state index in [2.05, 4.69) is 38.3 Å². The predicted octanol–water partition coefficient (Wildman–Crippen LogP) is 4.94. The summed E-state index contributed by atoms with van der Waals surface area (Å²) in [5, 5.41) is 0. The molecule has 0 heteroatoms. The summed E-state index contributed by atoms with van der Waals surface area (Å²) in [4.78, 5) is 0. The van der Waals surface area contributed by atoms with Gasteiger partial charge in [0.2, 0.25) is 0 Å². The smallest absolute Gasteiger partial charge is 0.0254 e. The molecule has 0 aromatic heterocycles. The van der Waals surface area contributed by atoms with Crippen molar-refractivity contribution < 1.29 is 0 Å². The zero-order chi connectivity index (χ0) is 10.3. The van der Waals surface area contributed by atoms with E-state index in [9.17, 15) is 0 Å². The van der Waals surface area contributed by atoms with Crippen LogP contribution in [0.15, 0.2) is 31.4 Å². The van der Waals surface area contributed by atoms with E-state index in [0.717, 1.165) is 11.1 Å². The average molecular weight is 190 g/mol. The Morgan fingerprint density at radius 1 is 0.929 bits per heavy atom. The molecule has 0 radical (unpaired) electrons. The second kappa shape index (κ2) is 8.31. The van der Waals surface area contributed by atoms with E-state index < -0.39 is 0 Å². The third-order valence-electron chi connectivity index (χ3n) is 1.59. The molecule has 0 aliphatic heterocycles. The first kappa shape index (κ1) is 15.2. The zero-order valence-electron chi connectivity index (χ0n) is 8.80. The summed E-state index contributed by atoms with van der Waals surface area (Å²) in [5.41, 5.74) is 3.55. The fourth-order valence-corrected chi connectivity index (χ4v) is 1.08. The van der Waals surface area contributed by atoms with Crippen LogP contribution in [0.1, 0.15) is 38.0 Å². The van der Waals surface area contributed by atoms with Crippen LogP contribution < -0.4 is 0 Å². The van der Waals surface area contributed by atoms with Gasteiger partial charge in [-0.3, -0.25) is 0 Å². The molecule has 1 aromatic rings. The fraction of sp³-hybridized carbons (Fsp3) is 0.286. The molecular formula is C14H22. The molecule has 0 saturated carbocycles. The van der Waals surface area contributed by atoms with Crippen LogP contribution in [0.5, 0.6) is 0 Å². The van der Waals surface area contributed by atoms with Gasteiger partial charge in [0, 0.05) is 0 Å². The second-order valence-electron chi connectivity index (χ2n) is 2.59. The molecule has 0 saturated heterocycles. The van der Waals surface area contributed by atoms with Crippen molar-refractivity contribution in [2.24, 2.45) is 0 Å². The van der Waals surface area contributed by atoms with Gasteiger partial charge in [0.05, 0.1) is 0 Å². The van der Waals surface area contributed by atoms with Crippen LogP contribution in [0.25, 0.3) is 12.2 Å². The van der Waals surface area contributed by atoms with Crippen LogP contribution in [0.4, 0.5) is 0 Å². The maximum absolute atomic E-state index is 3.71. The molecule has 0 nitrogen and oxygen atoms in total. The van der Waals surface area contributed by atoms with Gasteiger partial charge in [0.25, 0.3) is 0 Å². The Hall–Kier alpha value is -1.30. The third kappa shape index (κ3) is 4.66. The molecule has 0 bridgehead atoms. The van der Waals surface area contributed by atoms with Gasteiger partial charge in [-0.2, -0.15) is 0 Å². The Bertz CT molecular complexity index is 256. The first-order chi connectivity index (χ1) is 6.26. The van der Waals surface area contributed by atoms with Crippen molar-refractivity contribution in [2.75, 3.05) is 0 Å². The van der Waals surface area contributed by atoms with Crippen molar-refractivity contribution in [3.8, 4) is 0 Å². The monoisotopic (exact) mass is 190 g/mol. The van der Waals surface area contributed by atoms with Gasteiger partial charge in [0.15, 0.2) is 0 Å². The van der Waals surface area contributed by atoms with Crippen LogP contribution >= 0.6 is 0 Å². The Morgan fingerprint density at radius 3 is 1.57 bits per heavy atom. The van der Waals surface area contributed by atoms with Crippen molar-refractivity contribution in [1.82, 2.24) is 0 Å². The van der Waals surface area contributed by atoms with E-state index in [1.807, 2.05) is 26.0 Å². The van der Waals surface area contributed by atoms with Crippen LogP contribution in [-0.2, 0) is 0 Å². The van der Waals surface area contributed by atoms with E-state index in [1.165, 1.54) is 5.56 Å². The van der Waals surface area contributed by atoms with Crippen molar-refractivity contribution >= 4 is 12.2 Å².